The predicted octanol–water partition coefficient (Wildman–Crippen LogP) is 3.91. The van der Waals surface area contributed by atoms with Gasteiger partial charge >= 0.3 is 6.18 Å². The summed E-state index contributed by atoms with van der Waals surface area (Å²) >= 11 is 0. The molecule has 8 nitrogen and oxygen atoms in total. The van der Waals surface area contributed by atoms with Gasteiger partial charge in [-0.15, -0.1) is 4.80 Å². The molecule has 3 aliphatic rings. The molecule has 1 saturated carbocycles. The van der Waals surface area contributed by atoms with Gasteiger partial charge < -0.3 is 14.4 Å². The minimum Gasteiger partial charge on any atom is -0.472 e. The maximum atomic E-state index is 14.8. The number of halogens is 4. The lowest BCUT2D eigenvalue weighted by molar-refractivity contribution is -0.137. The first kappa shape index (κ1) is 24.2. The van der Waals surface area contributed by atoms with Gasteiger partial charge in [-0.25, -0.2) is 9.37 Å². The van der Waals surface area contributed by atoms with Crippen LogP contribution in [0.5, 0.6) is 5.88 Å². The van der Waals surface area contributed by atoms with Crippen LogP contribution in [0.4, 0.5) is 17.6 Å². The molecule has 4 heterocycles. The number of ether oxygens (including phenoxy) is 2. The third kappa shape index (κ3) is 4.41. The normalized spacial score (nSPS) is 23.6. The molecule has 4 unspecified atom stereocenters. The van der Waals surface area contributed by atoms with Crippen molar-refractivity contribution in [1.82, 2.24) is 24.9 Å². The number of aromatic nitrogens is 4. The number of amides is 1. The van der Waals surface area contributed by atoms with Crippen molar-refractivity contribution in [2.75, 3.05) is 13.7 Å². The molecule has 1 aliphatic carbocycles. The third-order valence-corrected chi connectivity index (χ3v) is 6.80. The Balaban J connectivity index is 1.46. The van der Waals surface area contributed by atoms with Crippen LogP contribution in [0.2, 0.25) is 0 Å². The van der Waals surface area contributed by atoms with Crippen LogP contribution in [0, 0.1) is 11.7 Å². The molecule has 36 heavy (non-hydrogen) atoms. The average molecular weight is 505 g/mol. The molecular weight excluding hydrogens is 482 g/mol. The molecule has 3 fully saturated rings. The molecule has 0 radical (unpaired) electrons. The number of carbonyl (C=O) groups excluding carboxylic acids is 1. The van der Waals surface area contributed by atoms with Crippen molar-refractivity contribution in [2.24, 2.45) is 5.92 Å². The van der Waals surface area contributed by atoms with Crippen LogP contribution in [0.15, 0.2) is 48.9 Å². The van der Waals surface area contributed by atoms with E-state index < -0.39 is 35.6 Å². The molecule has 2 aliphatic heterocycles. The number of benzene rings is 1. The Labute approximate surface area is 203 Å². The molecule has 2 saturated heterocycles. The zero-order valence-electron chi connectivity index (χ0n) is 19.2. The minimum atomic E-state index is -4.50. The first-order chi connectivity index (χ1) is 17.3. The van der Waals surface area contributed by atoms with E-state index in [1.54, 1.807) is 12.0 Å². The molecular formula is C24H23F4N5O3. The minimum absolute atomic E-state index is 0.0261. The molecule has 0 spiro atoms. The molecule has 0 N–H and O–H groups in total. The lowest BCUT2D eigenvalue weighted by Gasteiger charge is -2.54. The second-order valence-electron chi connectivity index (χ2n) is 8.87. The molecule has 1 amide bonds. The predicted molar refractivity (Wildman–Crippen MR) is 118 cm³/mol. The van der Waals surface area contributed by atoms with E-state index in [0.717, 1.165) is 23.5 Å². The number of pyridine rings is 1. The number of para-hydroxylation sites is 1. The standard InChI is InChI=1S/C24H23F4N5O3/c1-35-13-19-14-5-7-18(20(11-14)36-21-8-6-15(12-29-21)24(26,27)28)32(19)23(34)16-3-2-4-17(25)22(16)33-30-9-10-31-33/h2-4,6,8-10,12,14,18-20H,5,7,11,13H2,1H3. The van der Waals surface area contributed by atoms with Crippen LogP contribution in [-0.2, 0) is 10.9 Å². The highest BCUT2D eigenvalue weighted by atomic mass is 19.4. The van der Waals surface area contributed by atoms with Gasteiger partial charge in [-0.05, 0) is 43.4 Å². The molecule has 1 aromatic carbocycles. The number of alkyl halides is 3. The Hall–Kier alpha value is -3.54. The topological polar surface area (TPSA) is 82.4 Å². The van der Waals surface area contributed by atoms with Gasteiger partial charge in [0.25, 0.3) is 5.91 Å². The van der Waals surface area contributed by atoms with Crippen molar-refractivity contribution < 1.29 is 31.8 Å². The largest absolute Gasteiger partial charge is 0.472 e. The molecule has 190 valence electrons. The van der Waals surface area contributed by atoms with Gasteiger partial charge in [-0.3, -0.25) is 4.79 Å². The van der Waals surface area contributed by atoms with Crippen LogP contribution >= 0.6 is 0 Å². The molecule has 2 bridgehead atoms. The molecule has 6 rings (SSSR count). The summed E-state index contributed by atoms with van der Waals surface area (Å²) in [5.74, 6) is -1.00. The fraction of sp³-hybridized carbons (Fsp3) is 0.417. The first-order valence-corrected chi connectivity index (χ1v) is 11.4. The number of hydrogen-bond donors (Lipinski definition) is 0. The highest BCUT2D eigenvalue weighted by Gasteiger charge is 2.50. The van der Waals surface area contributed by atoms with Gasteiger partial charge in [0.05, 0.1) is 42.2 Å². The summed E-state index contributed by atoms with van der Waals surface area (Å²) in [6, 6.07) is 5.60. The molecule has 2 aromatic heterocycles. The summed E-state index contributed by atoms with van der Waals surface area (Å²) in [6.07, 6.45) is 0.538. The van der Waals surface area contributed by atoms with Gasteiger partial charge in [0, 0.05) is 19.4 Å². The fourth-order valence-corrected chi connectivity index (χ4v) is 5.23. The fourth-order valence-electron chi connectivity index (χ4n) is 5.23. The van der Waals surface area contributed by atoms with Crippen LogP contribution in [0.1, 0.15) is 35.2 Å². The van der Waals surface area contributed by atoms with Crippen molar-refractivity contribution in [3.05, 3.63) is 65.9 Å². The van der Waals surface area contributed by atoms with E-state index in [0.29, 0.717) is 12.8 Å². The SMILES string of the molecule is COCC1C2CCC(C(Oc3ccc(C(F)(F)F)cn3)C2)N1C(=O)c1cccc(F)c1-n1nccn1. The zero-order valence-corrected chi connectivity index (χ0v) is 19.2. The van der Waals surface area contributed by atoms with Crippen LogP contribution in [0.3, 0.4) is 0 Å². The van der Waals surface area contributed by atoms with Gasteiger partial charge in [-0.2, -0.15) is 23.4 Å². The number of fused-ring (bicyclic) bond motifs is 3. The van der Waals surface area contributed by atoms with E-state index >= 15 is 0 Å². The van der Waals surface area contributed by atoms with Crippen molar-refractivity contribution in [3.8, 4) is 11.6 Å². The van der Waals surface area contributed by atoms with Crippen LogP contribution < -0.4 is 4.74 Å². The maximum absolute atomic E-state index is 14.8. The van der Waals surface area contributed by atoms with Crippen molar-refractivity contribution >= 4 is 5.91 Å². The van der Waals surface area contributed by atoms with E-state index in [1.807, 2.05) is 0 Å². The quantitative estimate of drug-likeness (QED) is 0.473. The lowest BCUT2D eigenvalue weighted by Crippen LogP contribution is -2.65. The Kier molecular flexibility index (Phi) is 6.37. The average Bonchev–Trinajstić information content (AvgIpc) is 3.38. The second kappa shape index (κ2) is 9.49. The number of piperidine rings is 2. The highest BCUT2D eigenvalue weighted by Crippen LogP contribution is 2.42. The first-order valence-electron chi connectivity index (χ1n) is 11.4. The summed E-state index contributed by atoms with van der Waals surface area (Å²) in [4.78, 5) is 20.5. The number of hydrogen-bond acceptors (Lipinski definition) is 6. The van der Waals surface area contributed by atoms with Crippen LogP contribution in [-0.4, -0.2) is 62.7 Å². The van der Waals surface area contributed by atoms with E-state index in [4.69, 9.17) is 9.47 Å². The maximum Gasteiger partial charge on any atom is 0.417 e. The smallest absolute Gasteiger partial charge is 0.417 e. The van der Waals surface area contributed by atoms with Crippen LogP contribution in [0.25, 0.3) is 5.69 Å². The summed E-state index contributed by atoms with van der Waals surface area (Å²) in [7, 11) is 1.55. The zero-order chi connectivity index (χ0) is 25.4. The molecule has 12 heteroatoms. The van der Waals surface area contributed by atoms with E-state index in [1.165, 1.54) is 36.7 Å². The highest BCUT2D eigenvalue weighted by molar-refractivity contribution is 5.98. The van der Waals surface area contributed by atoms with Crippen molar-refractivity contribution in [1.29, 1.82) is 0 Å². The Morgan fingerprint density at radius 1 is 1.14 bits per heavy atom. The third-order valence-electron chi connectivity index (χ3n) is 6.80. The Morgan fingerprint density at radius 3 is 2.58 bits per heavy atom. The molecule has 3 aromatic rings. The van der Waals surface area contributed by atoms with E-state index in [-0.39, 0.29) is 35.7 Å². The van der Waals surface area contributed by atoms with E-state index in [2.05, 4.69) is 15.2 Å². The van der Waals surface area contributed by atoms with Gasteiger partial charge in [0.1, 0.15) is 11.8 Å². The summed E-state index contributed by atoms with van der Waals surface area (Å²) in [5.41, 5.74) is -0.846. The number of nitrogens with zero attached hydrogens (tertiary/aromatic N) is 5. The number of carbonyl (C=O) groups is 1. The summed E-state index contributed by atoms with van der Waals surface area (Å²) in [6.45, 7) is 0.281. The van der Waals surface area contributed by atoms with Gasteiger partial charge in [0.15, 0.2) is 5.82 Å². The summed E-state index contributed by atoms with van der Waals surface area (Å²) in [5, 5.41) is 7.98. The van der Waals surface area contributed by atoms with Gasteiger partial charge in [-0.1, -0.05) is 6.07 Å². The second-order valence-corrected chi connectivity index (χ2v) is 8.87. The van der Waals surface area contributed by atoms with Gasteiger partial charge in [0.2, 0.25) is 5.88 Å². The van der Waals surface area contributed by atoms with Crippen molar-refractivity contribution in [3.63, 3.8) is 0 Å². The Morgan fingerprint density at radius 2 is 1.92 bits per heavy atom. The lowest BCUT2D eigenvalue weighted by atomic mass is 9.72. The monoisotopic (exact) mass is 505 g/mol. The van der Waals surface area contributed by atoms with Crippen molar-refractivity contribution in [2.45, 2.75) is 43.6 Å². The summed E-state index contributed by atoms with van der Waals surface area (Å²) < 4.78 is 65.0. The molecule has 4 atom stereocenters. The Bertz CT molecular complexity index is 1220. The van der Waals surface area contributed by atoms with E-state index in [9.17, 15) is 22.4 Å². The number of methoxy groups -OCH3 is 1. The number of rotatable bonds is 6.